The van der Waals surface area contributed by atoms with Gasteiger partial charge in [0.05, 0.1) is 6.42 Å². The van der Waals surface area contributed by atoms with Crippen LogP contribution in [0.4, 0.5) is 5.69 Å². The second kappa shape index (κ2) is 5.73. The molecule has 1 aliphatic rings. The number of para-hydroxylation sites is 1. The highest BCUT2D eigenvalue weighted by molar-refractivity contribution is 5.87. The van der Waals surface area contributed by atoms with Crippen LogP contribution in [0.25, 0.3) is 0 Å². The van der Waals surface area contributed by atoms with Crippen molar-refractivity contribution < 1.29 is 14.7 Å². The van der Waals surface area contributed by atoms with Crippen molar-refractivity contribution in [1.82, 2.24) is 5.32 Å². The summed E-state index contributed by atoms with van der Waals surface area (Å²) in [5, 5.41) is 14.7. The maximum absolute atomic E-state index is 12.1. The van der Waals surface area contributed by atoms with E-state index >= 15 is 0 Å². The normalized spacial score (nSPS) is 18.3. The van der Waals surface area contributed by atoms with Crippen molar-refractivity contribution in [2.24, 2.45) is 0 Å². The zero-order valence-electron chi connectivity index (χ0n) is 10.8. The highest BCUT2D eigenvalue weighted by atomic mass is 16.4. The highest BCUT2D eigenvalue weighted by Crippen LogP contribution is 2.25. The molecule has 5 nitrogen and oxygen atoms in total. The second-order valence-corrected chi connectivity index (χ2v) is 4.77. The van der Waals surface area contributed by atoms with Gasteiger partial charge in [-0.15, -0.1) is 0 Å². The molecule has 102 valence electrons. The fraction of sp³-hybridized carbons (Fsp3) is 0.429. The van der Waals surface area contributed by atoms with E-state index < -0.39 is 5.97 Å². The molecule has 2 atom stereocenters. The molecule has 0 fully saturated rings. The van der Waals surface area contributed by atoms with E-state index in [2.05, 4.69) is 10.6 Å². The Morgan fingerprint density at radius 3 is 2.84 bits per heavy atom. The summed E-state index contributed by atoms with van der Waals surface area (Å²) >= 11 is 0. The van der Waals surface area contributed by atoms with Crippen molar-refractivity contribution in [3.63, 3.8) is 0 Å². The molecule has 0 bridgehead atoms. The predicted octanol–water partition coefficient (Wildman–Crippen LogP) is 1.39. The molecule has 1 heterocycles. The minimum atomic E-state index is -0.894. The first-order chi connectivity index (χ1) is 9.10. The quantitative estimate of drug-likeness (QED) is 0.749. The first kappa shape index (κ1) is 13.4. The first-order valence-electron chi connectivity index (χ1n) is 6.46. The molecule has 5 heteroatoms. The largest absolute Gasteiger partial charge is 0.481 e. The summed E-state index contributed by atoms with van der Waals surface area (Å²) in [7, 11) is 0. The lowest BCUT2D eigenvalue weighted by atomic mass is 10.1. The molecule has 1 aromatic rings. The Bertz CT molecular complexity index is 462. The van der Waals surface area contributed by atoms with E-state index in [9.17, 15) is 9.59 Å². The van der Waals surface area contributed by atoms with Crippen LogP contribution in [0.15, 0.2) is 24.3 Å². The summed E-state index contributed by atoms with van der Waals surface area (Å²) in [6.45, 7) is 1.87. The Balaban J connectivity index is 1.93. The summed E-state index contributed by atoms with van der Waals surface area (Å²) in [5.74, 6) is -1.03. The molecular weight excluding hydrogens is 244 g/mol. The molecule has 0 spiro atoms. The number of anilines is 1. The number of amides is 1. The van der Waals surface area contributed by atoms with Crippen molar-refractivity contribution in [3.8, 4) is 0 Å². The van der Waals surface area contributed by atoms with Gasteiger partial charge in [0.1, 0.15) is 6.04 Å². The van der Waals surface area contributed by atoms with Gasteiger partial charge in [0, 0.05) is 18.2 Å². The summed E-state index contributed by atoms with van der Waals surface area (Å²) in [6, 6.07) is 7.18. The van der Waals surface area contributed by atoms with E-state index in [4.69, 9.17) is 5.11 Å². The van der Waals surface area contributed by atoms with Crippen LogP contribution < -0.4 is 10.6 Å². The standard InChI is InChI=1S/C14H18N2O3/c1-2-10(8-13(17)18)15-14(19)12-7-9-5-3-4-6-11(9)16-12/h3-6,10,12,16H,2,7-8H2,1H3,(H,15,19)(H,17,18)/t10?,12-/m0/s1. The van der Waals surface area contributed by atoms with E-state index in [-0.39, 0.29) is 24.4 Å². The fourth-order valence-corrected chi connectivity index (χ4v) is 2.27. The van der Waals surface area contributed by atoms with Crippen molar-refractivity contribution in [2.75, 3.05) is 5.32 Å². The Labute approximate surface area is 112 Å². The molecule has 1 amide bonds. The van der Waals surface area contributed by atoms with Crippen molar-refractivity contribution >= 4 is 17.6 Å². The molecule has 2 rings (SSSR count). The first-order valence-corrected chi connectivity index (χ1v) is 6.46. The van der Waals surface area contributed by atoms with Gasteiger partial charge in [0.25, 0.3) is 0 Å². The molecule has 3 N–H and O–H groups in total. The van der Waals surface area contributed by atoms with Crippen LogP contribution in [0.1, 0.15) is 25.3 Å². The molecule has 19 heavy (non-hydrogen) atoms. The zero-order valence-corrected chi connectivity index (χ0v) is 10.8. The van der Waals surface area contributed by atoms with Gasteiger partial charge in [-0.1, -0.05) is 25.1 Å². The van der Waals surface area contributed by atoms with Gasteiger partial charge < -0.3 is 15.7 Å². The number of carbonyl (C=O) groups is 2. The third-order valence-corrected chi connectivity index (χ3v) is 3.35. The SMILES string of the molecule is CCC(CC(=O)O)NC(=O)[C@@H]1Cc2ccccc2N1. The molecular formula is C14H18N2O3. The third-order valence-electron chi connectivity index (χ3n) is 3.35. The molecule has 1 aromatic carbocycles. The Hall–Kier alpha value is -2.04. The lowest BCUT2D eigenvalue weighted by Crippen LogP contribution is -2.44. The highest BCUT2D eigenvalue weighted by Gasteiger charge is 2.27. The Morgan fingerprint density at radius 1 is 1.47 bits per heavy atom. The number of carbonyl (C=O) groups excluding carboxylic acids is 1. The van der Waals surface area contributed by atoms with Crippen LogP contribution in [0.3, 0.4) is 0 Å². The van der Waals surface area contributed by atoms with Crippen LogP contribution in [0.5, 0.6) is 0 Å². The van der Waals surface area contributed by atoms with E-state index in [1.54, 1.807) is 0 Å². The van der Waals surface area contributed by atoms with Crippen molar-refractivity contribution in [2.45, 2.75) is 38.3 Å². The number of fused-ring (bicyclic) bond motifs is 1. The fourth-order valence-electron chi connectivity index (χ4n) is 2.27. The number of benzene rings is 1. The molecule has 0 saturated heterocycles. The van der Waals surface area contributed by atoms with Crippen LogP contribution in [-0.2, 0) is 16.0 Å². The molecule has 0 aromatic heterocycles. The minimum Gasteiger partial charge on any atom is -0.481 e. The van der Waals surface area contributed by atoms with Gasteiger partial charge in [-0.3, -0.25) is 9.59 Å². The smallest absolute Gasteiger partial charge is 0.305 e. The number of carboxylic acid groups (broad SMARTS) is 1. The minimum absolute atomic E-state index is 0.0398. The number of rotatable bonds is 5. The number of carboxylic acids is 1. The molecule has 0 saturated carbocycles. The molecule has 1 unspecified atom stereocenters. The third kappa shape index (κ3) is 3.24. The number of hydrogen-bond acceptors (Lipinski definition) is 3. The van der Waals surface area contributed by atoms with Gasteiger partial charge in [-0.05, 0) is 18.1 Å². The lowest BCUT2D eigenvalue weighted by Gasteiger charge is -2.18. The zero-order chi connectivity index (χ0) is 13.8. The van der Waals surface area contributed by atoms with Gasteiger partial charge in [-0.25, -0.2) is 0 Å². The molecule has 1 aliphatic heterocycles. The van der Waals surface area contributed by atoms with Crippen LogP contribution in [0.2, 0.25) is 0 Å². The Kier molecular flexibility index (Phi) is 4.04. The van der Waals surface area contributed by atoms with E-state index in [0.717, 1.165) is 11.3 Å². The van der Waals surface area contributed by atoms with E-state index in [0.29, 0.717) is 12.8 Å². The van der Waals surface area contributed by atoms with Gasteiger partial charge in [-0.2, -0.15) is 0 Å². The van der Waals surface area contributed by atoms with Crippen LogP contribution in [0, 0.1) is 0 Å². The van der Waals surface area contributed by atoms with Crippen LogP contribution >= 0.6 is 0 Å². The van der Waals surface area contributed by atoms with Crippen LogP contribution in [-0.4, -0.2) is 29.1 Å². The van der Waals surface area contributed by atoms with E-state index in [1.807, 2.05) is 31.2 Å². The Morgan fingerprint density at radius 2 is 2.21 bits per heavy atom. The number of nitrogens with one attached hydrogen (secondary N) is 2. The average molecular weight is 262 g/mol. The summed E-state index contributed by atoms with van der Waals surface area (Å²) in [5.41, 5.74) is 2.10. The van der Waals surface area contributed by atoms with Crippen molar-refractivity contribution in [1.29, 1.82) is 0 Å². The van der Waals surface area contributed by atoms with Gasteiger partial charge >= 0.3 is 5.97 Å². The number of aliphatic carboxylic acids is 1. The second-order valence-electron chi connectivity index (χ2n) is 4.77. The molecule has 0 aliphatic carbocycles. The predicted molar refractivity (Wildman–Crippen MR) is 72.0 cm³/mol. The topological polar surface area (TPSA) is 78.4 Å². The molecule has 0 radical (unpaired) electrons. The van der Waals surface area contributed by atoms with Crippen molar-refractivity contribution in [3.05, 3.63) is 29.8 Å². The van der Waals surface area contributed by atoms with Gasteiger partial charge in [0.2, 0.25) is 5.91 Å². The monoisotopic (exact) mass is 262 g/mol. The summed E-state index contributed by atoms with van der Waals surface area (Å²) < 4.78 is 0. The lowest BCUT2D eigenvalue weighted by molar-refractivity contribution is -0.137. The maximum atomic E-state index is 12.1. The average Bonchev–Trinajstić information content (AvgIpc) is 2.81. The van der Waals surface area contributed by atoms with E-state index in [1.165, 1.54) is 0 Å². The summed E-state index contributed by atoms with van der Waals surface area (Å²) in [4.78, 5) is 22.8. The summed E-state index contributed by atoms with van der Waals surface area (Å²) in [6.07, 6.45) is 1.21. The number of hydrogen-bond donors (Lipinski definition) is 3. The maximum Gasteiger partial charge on any atom is 0.305 e. The van der Waals surface area contributed by atoms with Gasteiger partial charge in [0.15, 0.2) is 0 Å².